The van der Waals surface area contributed by atoms with Crippen LogP contribution in [0.15, 0.2) is 24.8 Å². The molecule has 0 bridgehead atoms. The van der Waals surface area contributed by atoms with E-state index >= 15 is 0 Å². The lowest BCUT2D eigenvalue weighted by Crippen LogP contribution is -2.08. The number of carbonyl (C=O) groups excluding carboxylic acids is 1. The summed E-state index contributed by atoms with van der Waals surface area (Å²) in [6, 6.07) is 0. The standard InChI is InChI=1S/C17H14ClFN6O2/c1-8(2)27-17-15(19)14(18)13(9-3-22-24-16(9)17)10-5-25-6-11(21-7-26)23-12(25)4-20-10/h3-8H,1-2H3,(H,21,26)(H,22,24). The van der Waals surface area contributed by atoms with E-state index in [2.05, 4.69) is 25.5 Å². The number of benzene rings is 1. The van der Waals surface area contributed by atoms with Crippen molar-refractivity contribution in [3.05, 3.63) is 35.6 Å². The summed E-state index contributed by atoms with van der Waals surface area (Å²) in [5.74, 6) is -0.296. The molecule has 0 radical (unpaired) electrons. The molecule has 1 amide bonds. The lowest BCUT2D eigenvalue weighted by Gasteiger charge is -2.15. The summed E-state index contributed by atoms with van der Waals surface area (Å²) in [5, 5.41) is 9.70. The fourth-order valence-corrected chi connectivity index (χ4v) is 3.13. The molecule has 0 atom stereocenters. The Bertz CT molecular complexity index is 1170. The number of aromatic amines is 1. The molecule has 0 aliphatic rings. The molecule has 0 saturated carbocycles. The molecule has 138 valence electrons. The maximum atomic E-state index is 14.9. The first kappa shape index (κ1) is 17.2. The number of carbonyl (C=O) groups is 1. The van der Waals surface area contributed by atoms with Gasteiger partial charge in [0.2, 0.25) is 6.41 Å². The first-order chi connectivity index (χ1) is 13.0. The van der Waals surface area contributed by atoms with Gasteiger partial charge in [0.25, 0.3) is 0 Å². The van der Waals surface area contributed by atoms with Crippen molar-refractivity contribution in [2.45, 2.75) is 20.0 Å². The zero-order valence-corrected chi connectivity index (χ0v) is 15.1. The molecule has 3 heterocycles. The van der Waals surface area contributed by atoms with Crippen LogP contribution in [0.1, 0.15) is 13.8 Å². The van der Waals surface area contributed by atoms with Crippen molar-refractivity contribution in [3.8, 4) is 17.0 Å². The largest absolute Gasteiger partial charge is 0.486 e. The Hall–Kier alpha value is -3.20. The molecule has 4 rings (SSSR count). The molecule has 10 heteroatoms. The second-order valence-electron chi connectivity index (χ2n) is 6.08. The number of halogens is 2. The summed E-state index contributed by atoms with van der Waals surface area (Å²) < 4.78 is 22.2. The average Bonchev–Trinajstić information content (AvgIpc) is 3.25. The maximum Gasteiger partial charge on any atom is 0.212 e. The van der Waals surface area contributed by atoms with Crippen LogP contribution in [-0.2, 0) is 4.79 Å². The number of imidazole rings is 1. The zero-order chi connectivity index (χ0) is 19.1. The number of anilines is 1. The van der Waals surface area contributed by atoms with Gasteiger partial charge in [0, 0.05) is 17.1 Å². The van der Waals surface area contributed by atoms with Crippen LogP contribution in [-0.4, -0.2) is 37.1 Å². The van der Waals surface area contributed by atoms with Gasteiger partial charge >= 0.3 is 0 Å². The minimum Gasteiger partial charge on any atom is -0.486 e. The molecule has 0 fully saturated rings. The lowest BCUT2D eigenvalue weighted by atomic mass is 10.1. The summed E-state index contributed by atoms with van der Waals surface area (Å²) in [6.07, 6.45) is 6.60. The monoisotopic (exact) mass is 388 g/mol. The van der Waals surface area contributed by atoms with Gasteiger partial charge in [-0.1, -0.05) is 11.6 Å². The van der Waals surface area contributed by atoms with E-state index in [1.165, 1.54) is 6.20 Å². The molecular formula is C17H14ClFN6O2. The fraction of sp³-hybridized carbons (Fsp3) is 0.176. The summed E-state index contributed by atoms with van der Waals surface area (Å²) in [4.78, 5) is 19.1. The zero-order valence-electron chi connectivity index (χ0n) is 14.3. The van der Waals surface area contributed by atoms with Crippen molar-refractivity contribution in [1.29, 1.82) is 0 Å². The molecule has 4 aromatic rings. The minimum atomic E-state index is -0.687. The molecule has 0 saturated heterocycles. The van der Waals surface area contributed by atoms with Crippen molar-refractivity contribution < 1.29 is 13.9 Å². The smallest absolute Gasteiger partial charge is 0.212 e. The van der Waals surface area contributed by atoms with E-state index in [1.807, 2.05) is 0 Å². The van der Waals surface area contributed by atoms with Gasteiger partial charge in [0.1, 0.15) is 5.52 Å². The highest BCUT2D eigenvalue weighted by molar-refractivity contribution is 6.35. The molecule has 2 N–H and O–H groups in total. The third-order valence-corrected chi connectivity index (χ3v) is 4.26. The van der Waals surface area contributed by atoms with E-state index in [-0.39, 0.29) is 16.9 Å². The van der Waals surface area contributed by atoms with E-state index in [1.54, 1.807) is 36.8 Å². The Balaban J connectivity index is 1.93. The van der Waals surface area contributed by atoms with Gasteiger partial charge in [0.05, 0.1) is 35.4 Å². The van der Waals surface area contributed by atoms with E-state index in [0.29, 0.717) is 40.0 Å². The van der Waals surface area contributed by atoms with Crippen LogP contribution >= 0.6 is 11.6 Å². The summed E-state index contributed by atoms with van der Waals surface area (Å²) in [6.45, 7) is 3.59. The van der Waals surface area contributed by atoms with Crippen LogP contribution in [0.25, 0.3) is 27.8 Å². The third-order valence-electron chi connectivity index (χ3n) is 3.91. The number of H-pyrrole nitrogens is 1. The molecule has 27 heavy (non-hydrogen) atoms. The molecule has 1 aromatic carbocycles. The second kappa shape index (κ2) is 6.51. The van der Waals surface area contributed by atoms with Crippen LogP contribution in [0.4, 0.5) is 10.2 Å². The van der Waals surface area contributed by atoms with E-state index in [4.69, 9.17) is 16.3 Å². The van der Waals surface area contributed by atoms with Crippen LogP contribution in [0.5, 0.6) is 5.75 Å². The Morgan fingerprint density at radius 1 is 1.37 bits per heavy atom. The third kappa shape index (κ3) is 2.85. The van der Waals surface area contributed by atoms with Crippen LogP contribution < -0.4 is 10.1 Å². The number of amides is 1. The SMILES string of the molecule is CC(C)Oc1c(F)c(Cl)c(-c2cn3cc(NC=O)nc3cn2)c2cn[nH]c12. The highest BCUT2D eigenvalue weighted by atomic mass is 35.5. The number of aromatic nitrogens is 5. The van der Waals surface area contributed by atoms with Gasteiger partial charge < -0.3 is 14.5 Å². The Morgan fingerprint density at radius 3 is 2.93 bits per heavy atom. The molecule has 0 aliphatic carbocycles. The van der Waals surface area contributed by atoms with Crippen molar-refractivity contribution in [1.82, 2.24) is 24.6 Å². The first-order valence-corrected chi connectivity index (χ1v) is 8.43. The van der Waals surface area contributed by atoms with Gasteiger partial charge in [-0.25, -0.2) is 9.37 Å². The van der Waals surface area contributed by atoms with Crippen LogP contribution in [0, 0.1) is 5.82 Å². The molecule has 8 nitrogen and oxygen atoms in total. The summed E-state index contributed by atoms with van der Waals surface area (Å²) in [5.41, 5.74) is 1.72. The number of nitrogens with one attached hydrogen (secondary N) is 2. The van der Waals surface area contributed by atoms with Gasteiger partial charge in [-0.2, -0.15) is 5.10 Å². The number of nitrogens with zero attached hydrogens (tertiary/aromatic N) is 4. The van der Waals surface area contributed by atoms with Gasteiger partial charge in [0.15, 0.2) is 23.0 Å². The quantitative estimate of drug-likeness (QED) is 0.510. The molecule has 0 unspecified atom stereocenters. The van der Waals surface area contributed by atoms with Crippen molar-refractivity contribution in [3.63, 3.8) is 0 Å². The average molecular weight is 389 g/mol. The van der Waals surface area contributed by atoms with E-state index < -0.39 is 5.82 Å². The Labute approximate surface area is 157 Å². The number of fused-ring (bicyclic) bond motifs is 2. The molecular weight excluding hydrogens is 375 g/mol. The van der Waals surface area contributed by atoms with Gasteiger partial charge in [-0.3, -0.25) is 14.9 Å². The van der Waals surface area contributed by atoms with Gasteiger partial charge in [-0.05, 0) is 13.8 Å². The minimum absolute atomic E-state index is 0.0208. The first-order valence-electron chi connectivity index (χ1n) is 8.05. The van der Waals surface area contributed by atoms with E-state index in [0.717, 1.165) is 0 Å². The van der Waals surface area contributed by atoms with Crippen LogP contribution in [0.3, 0.4) is 0 Å². The van der Waals surface area contributed by atoms with Crippen molar-refractivity contribution in [2.75, 3.05) is 5.32 Å². The summed E-state index contributed by atoms with van der Waals surface area (Å²) in [7, 11) is 0. The van der Waals surface area contributed by atoms with Gasteiger partial charge in [-0.15, -0.1) is 0 Å². The second-order valence-corrected chi connectivity index (χ2v) is 6.46. The normalized spacial score (nSPS) is 11.4. The predicted molar refractivity (Wildman–Crippen MR) is 98.5 cm³/mol. The molecule has 3 aromatic heterocycles. The fourth-order valence-electron chi connectivity index (χ4n) is 2.84. The summed E-state index contributed by atoms with van der Waals surface area (Å²) >= 11 is 6.34. The van der Waals surface area contributed by atoms with E-state index in [9.17, 15) is 9.18 Å². The number of rotatable bonds is 5. The Kier molecular flexibility index (Phi) is 4.15. The highest BCUT2D eigenvalue weighted by Crippen LogP contribution is 2.42. The maximum absolute atomic E-state index is 14.9. The highest BCUT2D eigenvalue weighted by Gasteiger charge is 2.24. The Morgan fingerprint density at radius 2 is 2.19 bits per heavy atom. The lowest BCUT2D eigenvalue weighted by molar-refractivity contribution is -0.105. The number of hydrogen-bond donors (Lipinski definition) is 2. The predicted octanol–water partition coefficient (Wildman–Crippen LogP) is 3.42. The number of hydrogen-bond acceptors (Lipinski definition) is 5. The topological polar surface area (TPSA) is 97.2 Å². The van der Waals surface area contributed by atoms with Crippen LogP contribution in [0.2, 0.25) is 5.02 Å². The molecule has 0 spiro atoms. The molecule has 0 aliphatic heterocycles. The number of ether oxygens (including phenoxy) is 1. The van der Waals surface area contributed by atoms with Crippen molar-refractivity contribution >= 4 is 40.4 Å². The van der Waals surface area contributed by atoms with Crippen molar-refractivity contribution in [2.24, 2.45) is 0 Å².